The van der Waals surface area contributed by atoms with Gasteiger partial charge >= 0.3 is 0 Å². The Balaban J connectivity index is 1.81. The van der Waals surface area contributed by atoms with Crippen LogP contribution in [0.15, 0.2) is 54.7 Å². The maximum Gasteiger partial charge on any atom is 0.170 e. The quantitative estimate of drug-likeness (QED) is 0.586. The van der Waals surface area contributed by atoms with Crippen LogP contribution in [0.25, 0.3) is 5.69 Å². The summed E-state index contributed by atoms with van der Waals surface area (Å²) in [5, 5.41) is 13.5. The number of pyridine rings is 1. The van der Waals surface area contributed by atoms with E-state index in [4.69, 9.17) is 12.2 Å². The second-order valence-electron chi connectivity index (χ2n) is 7.54. The molecule has 0 radical (unpaired) electrons. The highest BCUT2D eigenvalue weighted by Gasteiger charge is 2.41. The molecule has 3 heterocycles. The van der Waals surface area contributed by atoms with Crippen molar-refractivity contribution in [3.8, 4) is 5.69 Å². The zero-order valence-electron chi connectivity index (χ0n) is 17.0. The summed E-state index contributed by atoms with van der Waals surface area (Å²) in [5.41, 5.74) is 5.11. The topological polar surface area (TPSA) is 53.3 Å². The molecule has 3 aromatic rings. The van der Waals surface area contributed by atoms with E-state index in [9.17, 15) is 9.50 Å². The lowest BCUT2D eigenvalue weighted by Crippen LogP contribution is -2.31. The van der Waals surface area contributed by atoms with Gasteiger partial charge in [-0.2, -0.15) is 0 Å². The summed E-state index contributed by atoms with van der Waals surface area (Å²) in [4.78, 5) is 6.71. The molecule has 0 saturated carbocycles. The first-order chi connectivity index (χ1) is 14.5. The van der Waals surface area contributed by atoms with Gasteiger partial charge in [-0.15, -0.1) is 0 Å². The van der Waals surface area contributed by atoms with Crippen molar-refractivity contribution in [2.75, 3.05) is 13.2 Å². The van der Waals surface area contributed by atoms with Crippen LogP contribution in [0.4, 0.5) is 4.39 Å². The predicted octanol–water partition coefficient (Wildman–Crippen LogP) is 3.98. The van der Waals surface area contributed by atoms with Crippen LogP contribution in [-0.2, 0) is 0 Å². The van der Waals surface area contributed by atoms with Crippen LogP contribution in [0.1, 0.15) is 41.1 Å². The monoisotopic (exact) mass is 424 g/mol. The summed E-state index contributed by atoms with van der Waals surface area (Å²) in [5.74, 6) is -0.253. The number of hydrogen-bond donors (Lipinski definition) is 2. The van der Waals surface area contributed by atoms with Crippen LogP contribution in [0, 0.1) is 19.7 Å². The highest BCUT2D eigenvalue weighted by atomic mass is 32.1. The molecule has 2 aromatic heterocycles. The van der Waals surface area contributed by atoms with Gasteiger partial charge in [0, 0.05) is 36.4 Å². The molecule has 156 valence electrons. The van der Waals surface area contributed by atoms with Gasteiger partial charge in [0.05, 0.1) is 17.8 Å². The Kier molecular flexibility index (Phi) is 5.83. The van der Waals surface area contributed by atoms with Gasteiger partial charge in [-0.25, -0.2) is 4.39 Å². The molecular weight excluding hydrogens is 399 g/mol. The van der Waals surface area contributed by atoms with Crippen molar-refractivity contribution in [2.45, 2.75) is 32.4 Å². The number of halogens is 1. The van der Waals surface area contributed by atoms with Crippen LogP contribution in [0.5, 0.6) is 0 Å². The van der Waals surface area contributed by atoms with Crippen LogP contribution in [0.2, 0.25) is 0 Å². The number of benzene rings is 1. The molecule has 5 nitrogen and oxygen atoms in total. The molecule has 2 atom stereocenters. The smallest absolute Gasteiger partial charge is 0.170 e. The fourth-order valence-electron chi connectivity index (χ4n) is 4.30. The third-order valence-corrected chi connectivity index (χ3v) is 5.98. The van der Waals surface area contributed by atoms with Crippen LogP contribution < -0.4 is 5.32 Å². The summed E-state index contributed by atoms with van der Waals surface area (Å²) < 4.78 is 15.6. The van der Waals surface area contributed by atoms with E-state index in [-0.39, 0.29) is 24.5 Å². The van der Waals surface area contributed by atoms with Crippen molar-refractivity contribution in [1.29, 1.82) is 0 Å². The summed E-state index contributed by atoms with van der Waals surface area (Å²) in [6.07, 6.45) is 2.42. The van der Waals surface area contributed by atoms with Crippen molar-refractivity contribution in [2.24, 2.45) is 0 Å². The van der Waals surface area contributed by atoms with Gasteiger partial charge in [-0.3, -0.25) is 4.98 Å². The van der Waals surface area contributed by atoms with E-state index in [1.54, 1.807) is 18.3 Å². The number of thiocarbonyl (C=S) groups is 1. The van der Waals surface area contributed by atoms with Crippen LogP contribution >= 0.6 is 12.2 Å². The average molecular weight is 425 g/mol. The molecule has 0 bridgehead atoms. The number of nitrogens with zero attached hydrogens (tertiary/aromatic N) is 3. The van der Waals surface area contributed by atoms with Crippen molar-refractivity contribution in [3.63, 3.8) is 0 Å². The maximum atomic E-state index is 13.4. The molecule has 4 rings (SSSR count). The minimum Gasteiger partial charge on any atom is -0.396 e. The Labute approximate surface area is 181 Å². The van der Waals surface area contributed by atoms with Crippen LogP contribution in [0.3, 0.4) is 0 Å². The third-order valence-electron chi connectivity index (χ3n) is 5.63. The number of aliphatic hydroxyl groups is 1. The van der Waals surface area contributed by atoms with Gasteiger partial charge in [0.25, 0.3) is 0 Å². The summed E-state index contributed by atoms with van der Waals surface area (Å²) in [6, 6.07) is 14.4. The molecule has 1 aliphatic heterocycles. The van der Waals surface area contributed by atoms with E-state index in [0.29, 0.717) is 18.1 Å². The zero-order valence-corrected chi connectivity index (χ0v) is 17.9. The molecule has 1 aliphatic rings. The molecule has 1 fully saturated rings. The largest absolute Gasteiger partial charge is 0.396 e. The first kappa shape index (κ1) is 20.5. The molecule has 0 amide bonds. The molecule has 1 saturated heterocycles. The fourth-order valence-corrected chi connectivity index (χ4v) is 4.63. The van der Waals surface area contributed by atoms with Crippen LogP contribution in [-0.4, -0.2) is 37.8 Å². The number of aliphatic hydroxyl groups excluding tert-OH is 1. The Morgan fingerprint density at radius 3 is 2.60 bits per heavy atom. The first-order valence-corrected chi connectivity index (χ1v) is 10.5. The minimum atomic E-state index is -0.253. The number of rotatable bonds is 6. The Morgan fingerprint density at radius 2 is 1.93 bits per heavy atom. The van der Waals surface area contributed by atoms with Gasteiger partial charge in [0.2, 0.25) is 0 Å². The van der Waals surface area contributed by atoms with Crippen molar-refractivity contribution in [3.05, 3.63) is 83.2 Å². The van der Waals surface area contributed by atoms with E-state index < -0.39 is 0 Å². The number of nitrogens with one attached hydrogen (secondary N) is 1. The normalized spacial score (nSPS) is 18.7. The van der Waals surface area contributed by atoms with E-state index in [1.807, 2.05) is 25.1 Å². The molecule has 7 heteroatoms. The molecule has 0 unspecified atom stereocenters. The summed E-state index contributed by atoms with van der Waals surface area (Å²) in [6.45, 7) is 4.88. The van der Waals surface area contributed by atoms with E-state index in [2.05, 4.69) is 32.8 Å². The standard InChI is InChI=1S/C23H25FN4OS/c1-15-14-19(16(2)28(15)18-9-7-17(24)8-10-18)22-21(20-6-3-4-11-25-20)26-23(30)27(22)12-5-13-29/h3-4,6-11,14,21-22,29H,5,12-13H2,1-2H3,(H,26,30)/t21-,22+/m0/s1. The second-order valence-corrected chi connectivity index (χ2v) is 7.92. The van der Waals surface area contributed by atoms with Gasteiger partial charge in [-0.05, 0) is 80.5 Å². The Morgan fingerprint density at radius 1 is 1.17 bits per heavy atom. The summed E-state index contributed by atoms with van der Waals surface area (Å²) in [7, 11) is 0. The molecule has 2 N–H and O–H groups in total. The van der Waals surface area contributed by atoms with Gasteiger partial charge < -0.3 is 19.9 Å². The molecule has 0 spiro atoms. The Hall–Kier alpha value is -2.77. The van der Waals surface area contributed by atoms with E-state index >= 15 is 0 Å². The zero-order chi connectivity index (χ0) is 21.3. The molecular formula is C23H25FN4OS. The van der Waals surface area contributed by atoms with Gasteiger partial charge in [0.1, 0.15) is 5.82 Å². The fraction of sp³-hybridized carbons (Fsp3) is 0.304. The van der Waals surface area contributed by atoms with Crippen molar-refractivity contribution in [1.82, 2.24) is 19.8 Å². The average Bonchev–Trinajstić information content (AvgIpc) is 3.23. The highest BCUT2D eigenvalue weighted by Crippen LogP contribution is 2.41. The minimum absolute atomic E-state index is 0.0562. The SMILES string of the molecule is Cc1cc([C@@H]2[C@H](c3ccccn3)NC(=S)N2CCCO)c(C)n1-c1ccc(F)cc1. The third kappa shape index (κ3) is 3.70. The number of aromatic nitrogens is 2. The van der Waals surface area contributed by atoms with Crippen molar-refractivity contribution >= 4 is 17.3 Å². The number of hydrogen-bond acceptors (Lipinski definition) is 3. The van der Waals surface area contributed by atoms with Crippen molar-refractivity contribution < 1.29 is 9.50 Å². The first-order valence-electron chi connectivity index (χ1n) is 10.0. The van der Waals surface area contributed by atoms with E-state index in [1.165, 1.54) is 12.1 Å². The maximum absolute atomic E-state index is 13.4. The lowest BCUT2D eigenvalue weighted by atomic mass is 9.96. The predicted molar refractivity (Wildman–Crippen MR) is 119 cm³/mol. The van der Waals surface area contributed by atoms with Gasteiger partial charge in [0.15, 0.2) is 5.11 Å². The number of aryl methyl sites for hydroxylation is 1. The molecule has 0 aliphatic carbocycles. The lowest BCUT2D eigenvalue weighted by molar-refractivity contribution is 0.247. The molecule has 1 aromatic carbocycles. The van der Waals surface area contributed by atoms with E-state index in [0.717, 1.165) is 28.3 Å². The highest BCUT2D eigenvalue weighted by molar-refractivity contribution is 7.80. The Bertz CT molecular complexity index is 1040. The lowest BCUT2D eigenvalue weighted by Gasteiger charge is -2.28. The summed E-state index contributed by atoms with van der Waals surface area (Å²) >= 11 is 5.66. The second kappa shape index (κ2) is 8.53. The molecule has 30 heavy (non-hydrogen) atoms. The van der Waals surface area contributed by atoms with Gasteiger partial charge in [-0.1, -0.05) is 6.07 Å².